The Morgan fingerprint density at radius 3 is 2.76 bits per heavy atom. The van der Waals surface area contributed by atoms with Crippen molar-refractivity contribution >= 4 is 49.8 Å². The number of nitrogens with zero attached hydrogens (tertiary/aromatic N) is 1. The molecule has 0 amide bonds. The highest BCUT2D eigenvalue weighted by atomic mass is 35.5. The maximum absolute atomic E-state index is 13.2. The van der Waals surface area contributed by atoms with Crippen LogP contribution in [0.1, 0.15) is 23.4 Å². The zero-order valence-corrected chi connectivity index (χ0v) is 19.1. The molecular weight excluding hydrogens is 426 g/mol. The van der Waals surface area contributed by atoms with E-state index >= 15 is 0 Å². The van der Waals surface area contributed by atoms with E-state index in [9.17, 15) is 4.21 Å². The Labute approximate surface area is 182 Å². The minimum absolute atomic E-state index is 0.660. The molecule has 0 aliphatic carbocycles. The van der Waals surface area contributed by atoms with E-state index in [4.69, 9.17) is 21.3 Å². The van der Waals surface area contributed by atoms with Crippen LogP contribution in [0.2, 0.25) is 0 Å². The second-order valence-corrected chi connectivity index (χ2v) is 10.9. The van der Waals surface area contributed by atoms with E-state index in [1.165, 1.54) is 0 Å². The fraction of sp³-hybridized carbons (Fsp3) is 0.381. The number of benzene rings is 1. The highest BCUT2D eigenvalue weighted by Crippen LogP contribution is 2.43. The van der Waals surface area contributed by atoms with Crippen molar-refractivity contribution in [2.75, 3.05) is 24.9 Å². The highest BCUT2D eigenvalue weighted by molar-refractivity contribution is 7.89. The summed E-state index contributed by atoms with van der Waals surface area (Å²) >= 11 is 8.38. The zero-order chi connectivity index (χ0) is 20.6. The molecule has 1 fully saturated rings. The van der Waals surface area contributed by atoms with Gasteiger partial charge in [-0.05, 0) is 63.5 Å². The predicted octanol–water partition coefficient (Wildman–Crippen LogP) is 4.98. The van der Waals surface area contributed by atoms with Gasteiger partial charge in [0, 0.05) is 21.5 Å². The largest absolute Gasteiger partial charge is 0.497 e. The Hall–Kier alpha value is -1.67. The molecule has 0 saturated carbocycles. The monoisotopic (exact) mass is 449 g/mol. The van der Waals surface area contributed by atoms with E-state index in [2.05, 4.69) is 23.0 Å². The Bertz CT molecular complexity index is 1080. The van der Waals surface area contributed by atoms with Crippen LogP contribution in [0, 0.1) is 13.8 Å². The number of hydrogen-bond donors (Lipinski definition) is 2. The summed E-state index contributed by atoms with van der Waals surface area (Å²) in [6.07, 6.45) is 1.32. The molecule has 2 aromatic heterocycles. The molecule has 1 aliphatic rings. The molecule has 0 radical (unpaired) electrons. The third kappa shape index (κ3) is 4.01. The highest BCUT2D eigenvalue weighted by Gasteiger charge is 2.37. The van der Waals surface area contributed by atoms with E-state index in [1.54, 1.807) is 18.4 Å². The molecule has 0 bridgehead atoms. The van der Waals surface area contributed by atoms with Gasteiger partial charge in [0.25, 0.3) is 0 Å². The lowest BCUT2D eigenvalue weighted by Gasteiger charge is -2.30. The standard InChI is InChI=1S/C21H24ClN3O2S2/c1-13-11-17(25-29(26)21(22)7-9-23-10-8-21)19-18(14(2)28-20(19)24-13)15-5-4-6-16(12-15)27-3/h4-6,11-12,23H,7-10H2,1-3H3,(H,24,25). The van der Waals surface area contributed by atoms with Crippen molar-refractivity contribution in [3.63, 3.8) is 0 Å². The first-order valence-corrected chi connectivity index (χ1v) is 11.9. The lowest BCUT2D eigenvalue weighted by atomic mass is 10.0. The number of hydrogen-bond acceptors (Lipinski definition) is 5. The van der Waals surface area contributed by atoms with Gasteiger partial charge in [-0.25, -0.2) is 9.19 Å². The number of pyridine rings is 1. The van der Waals surface area contributed by atoms with Crippen LogP contribution in [0.15, 0.2) is 30.3 Å². The normalized spacial score (nSPS) is 17.2. The fourth-order valence-electron chi connectivity index (χ4n) is 3.72. The molecule has 2 N–H and O–H groups in total. The van der Waals surface area contributed by atoms with Gasteiger partial charge >= 0.3 is 0 Å². The van der Waals surface area contributed by atoms with E-state index in [1.807, 2.05) is 31.2 Å². The number of aryl methyl sites for hydroxylation is 2. The van der Waals surface area contributed by atoms with Gasteiger partial charge in [0.1, 0.15) is 25.8 Å². The number of anilines is 1. The Morgan fingerprint density at radius 2 is 2.03 bits per heavy atom. The number of rotatable bonds is 5. The van der Waals surface area contributed by atoms with Crippen LogP contribution in [-0.4, -0.2) is 33.6 Å². The number of halogens is 1. The predicted molar refractivity (Wildman–Crippen MR) is 124 cm³/mol. The van der Waals surface area contributed by atoms with Crippen LogP contribution < -0.4 is 14.8 Å². The third-order valence-electron chi connectivity index (χ3n) is 5.21. The third-order valence-corrected chi connectivity index (χ3v) is 8.49. The Morgan fingerprint density at radius 1 is 1.28 bits per heavy atom. The van der Waals surface area contributed by atoms with Gasteiger partial charge in [-0.3, -0.25) is 0 Å². The van der Waals surface area contributed by atoms with Crippen LogP contribution in [0.4, 0.5) is 5.69 Å². The molecule has 1 saturated heterocycles. The molecule has 0 spiro atoms. The van der Waals surface area contributed by atoms with Gasteiger partial charge in [0.05, 0.1) is 12.8 Å². The molecule has 3 heterocycles. The number of thiophene rings is 1. The summed E-state index contributed by atoms with van der Waals surface area (Å²) in [4.78, 5) is 6.81. The minimum atomic E-state index is -1.42. The molecule has 29 heavy (non-hydrogen) atoms. The van der Waals surface area contributed by atoms with E-state index in [-0.39, 0.29) is 0 Å². The Balaban J connectivity index is 1.82. The smallest absolute Gasteiger partial charge is 0.141 e. The lowest BCUT2D eigenvalue weighted by Crippen LogP contribution is -2.42. The molecule has 8 heteroatoms. The first-order valence-electron chi connectivity index (χ1n) is 9.54. The van der Waals surface area contributed by atoms with Gasteiger partial charge in [0.2, 0.25) is 0 Å². The maximum atomic E-state index is 13.2. The first kappa shape index (κ1) is 20.6. The fourth-order valence-corrected chi connectivity index (χ4v) is 6.25. The first-order chi connectivity index (χ1) is 13.9. The number of methoxy groups -OCH3 is 1. The van der Waals surface area contributed by atoms with Crippen LogP contribution in [0.3, 0.4) is 0 Å². The second-order valence-electron chi connectivity index (χ2n) is 7.26. The molecule has 154 valence electrons. The van der Waals surface area contributed by atoms with E-state index in [0.717, 1.165) is 56.4 Å². The van der Waals surface area contributed by atoms with Crippen LogP contribution >= 0.6 is 22.9 Å². The summed E-state index contributed by atoms with van der Waals surface area (Å²) < 4.78 is 21.1. The molecular formula is C21H24ClN3O2S2. The van der Waals surface area contributed by atoms with E-state index in [0.29, 0.717) is 12.8 Å². The van der Waals surface area contributed by atoms with Crippen molar-refractivity contribution in [3.05, 3.63) is 40.9 Å². The molecule has 1 unspecified atom stereocenters. The number of piperidine rings is 1. The number of alkyl halides is 1. The molecule has 3 aromatic rings. The van der Waals surface area contributed by atoms with Crippen LogP contribution in [0.25, 0.3) is 21.3 Å². The van der Waals surface area contributed by atoms with Gasteiger partial charge < -0.3 is 14.8 Å². The van der Waals surface area contributed by atoms with Crippen molar-refractivity contribution in [1.82, 2.24) is 10.3 Å². The summed E-state index contributed by atoms with van der Waals surface area (Å²) in [5.74, 6) is 0.800. The molecule has 1 aromatic carbocycles. The summed E-state index contributed by atoms with van der Waals surface area (Å²) in [5.41, 5.74) is 3.83. The number of ether oxygens (including phenoxy) is 1. The molecule has 1 aliphatic heterocycles. The van der Waals surface area contributed by atoms with Gasteiger partial charge in [-0.1, -0.05) is 12.1 Å². The summed E-state index contributed by atoms with van der Waals surface area (Å²) in [7, 11) is 0.243. The average molecular weight is 450 g/mol. The van der Waals surface area contributed by atoms with Crippen LogP contribution in [0.5, 0.6) is 5.75 Å². The topological polar surface area (TPSA) is 63.2 Å². The van der Waals surface area contributed by atoms with Crippen molar-refractivity contribution < 1.29 is 8.95 Å². The molecule has 1 atom stereocenters. The van der Waals surface area contributed by atoms with Crippen molar-refractivity contribution in [1.29, 1.82) is 0 Å². The molecule has 5 nitrogen and oxygen atoms in total. The minimum Gasteiger partial charge on any atom is -0.497 e. The van der Waals surface area contributed by atoms with Gasteiger partial charge in [0.15, 0.2) is 0 Å². The number of fused-ring (bicyclic) bond motifs is 1. The van der Waals surface area contributed by atoms with E-state index < -0.39 is 15.2 Å². The zero-order valence-electron chi connectivity index (χ0n) is 16.7. The SMILES string of the molecule is COc1cccc(-c2c(C)sc3nc(C)cc(NS(=O)C4(Cl)CCNCC4)c23)c1. The summed E-state index contributed by atoms with van der Waals surface area (Å²) in [6.45, 7) is 5.59. The number of nitrogens with one attached hydrogen (secondary N) is 2. The summed E-state index contributed by atoms with van der Waals surface area (Å²) in [6, 6.07) is 9.95. The van der Waals surface area contributed by atoms with Crippen molar-refractivity contribution in [2.45, 2.75) is 30.9 Å². The summed E-state index contributed by atoms with van der Waals surface area (Å²) in [5, 5.41) is 4.26. The Kier molecular flexibility index (Phi) is 5.84. The quantitative estimate of drug-likeness (QED) is 0.539. The lowest BCUT2D eigenvalue weighted by molar-refractivity contribution is 0.415. The van der Waals surface area contributed by atoms with Gasteiger partial charge in [-0.2, -0.15) is 0 Å². The molecule has 4 rings (SSSR count). The van der Waals surface area contributed by atoms with Crippen molar-refractivity contribution in [2.24, 2.45) is 0 Å². The number of aromatic nitrogens is 1. The second kappa shape index (κ2) is 8.22. The van der Waals surface area contributed by atoms with Crippen molar-refractivity contribution in [3.8, 4) is 16.9 Å². The average Bonchev–Trinajstić information content (AvgIpc) is 3.04. The van der Waals surface area contributed by atoms with Gasteiger partial charge in [-0.15, -0.1) is 22.9 Å². The maximum Gasteiger partial charge on any atom is 0.141 e. The van der Waals surface area contributed by atoms with Crippen LogP contribution in [-0.2, 0) is 11.0 Å².